The molecule has 0 fully saturated rings. The van der Waals surface area contributed by atoms with Crippen LogP contribution in [0.25, 0.3) is 11.0 Å². The van der Waals surface area contributed by atoms with Crippen LogP contribution in [0.3, 0.4) is 0 Å². The van der Waals surface area contributed by atoms with Gasteiger partial charge in [-0.05, 0) is 32.0 Å². The summed E-state index contributed by atoms with van der Waals surface area (Å²) in [6, 6.07) is 5.09. The van der Waals surface area contributed by atoms with E-state index < -0.39 is 0 Å². The number of ether oxygens (including phenoxy) is 1. The van der Waals surface area contributed by atoms with Gasteiger partial charge in [0.25, 0.3) is 5.91 Å². The molecule has 0 saturated carbocycles. The molecule has 2 aromatic rings. The quantitative estimate of drug-likeness (QED) is 0.867. The number of imidazole rings is 1. The summed E-state index contributed by atoms with van der Waals surface area (Å²) in [6.45, 7) is 3.68. The first-order chi connectivity index (χ1) is 9.92. The van der Waals surface area contributed by atoms with Gasteiger partial charge in [-0.25, -0.2) is 4.98 Å². The van der Waals surface area contributed by atoms with Crippen molar-refractivity contribution in [2.24, 2.45) is 7.05 Å². The smallest absolute Gasteiger partial charge is 0.307 e. The van der Waals surface area contributed by atoms with Gasteiger partial charge in [-0.2, -0.15) is 0 Å². The molecule has 1 heterocycles. The Kier molecular flexibility index (Phi) is 4.26. The zero-order chi connectivity index (χ0) is 15.6. The highest BCUT2D eigenvalue weighted by Gasteiger charge is 2.14. The summed E-state index contributed by atoms with van der Waals surface area (Å²) in [5.74, 6) is 0.317. The number of hydrogen-bond donors (Lipinski definition) is 1. The molecule has 0 aliphatic rings. The lowest BCUT2D eigenvalue weighted by Gasteiger charge is -2.12. The average Bonchev–Trinajstić information content (AvgIpc) is 2.73. The van der Waals surface area contributed by atoms with Gasteiger partial charge < -0.3 is 14.6 Å². The number of carbonyl (C=O) groups excluding carboxylic acids is 2. The van der Waals surface area contributed by atoms with Gasteiger partial charge in [0.15, 0.2) is 0 Å². The fraction of sp³-hybridized carbons (Fsp3) is 0.400. The van der Waals surface area contributed by atoms with Crippen LogP contribution < -0.4 is 5.32 Å². The maximum Gasteiger partial charge on any atom is 0.307 e. The highest BCUT2D eigenvalue weighted by Crippen LogP contribution is 2.16. The number of methoxy groups -OCH3 is 1. The fourth-order valence-corrected chi connectivity index (χ4v) is 2.15. The van der Waals surface area contributed by atoms with Crippen molar-refractivity contribution in [3.8, 4) is 0 Å². The molecule has 112 valence electrons. The molecular weight excluding hydrogens is 270 g/mol. The Bertz CT molecular complexity index is 691. The summed E-state index contributed by atoms with van der Waals surface area (Å²) in [7, 11) is 3.26. The van der Waals surface area contributed by atoms with Crippen molar-refractivity contribution >= 4 is 22.9 Å². The highest BCUT2D eigenvalue weighted by molar-refractivity contribution is 5.97. The minimum Gasteiger partial charge on any atom is -0.469 e. The lowest BCUT2D eigenvalue weighted by atomic mass is 10.1. The predicted octanol–water partition coefficient (Wildman–Crippen LogP) is 1.56. The maximum atomic E-state index is 12.2. The predicted molar refractivity (Wildman–Crippen MR) is 79.0 cm³/mol. The summed E-state index contributed by atoms with van der Waals surface area (Å²) in [5.41, 5.74) is 2.28. The number of esters is 1. The number of carbonyl (C=O) groups is 2. The van der Waals surface area contributed by atoms with E-state index in [4.69, 9.17) is 0 Å². The van der Waals surface area contributed by atoms with Gasteiger partial charge in [-0.3, -0.25) is 9.59 Å². The molecule has 1 N–H and O–H groups in total. The number of nitrogens with one attached hydrogen (secondary N) is 1. The molecule has 1 aromatic heterocycles. The van der Waals surface area contributed by atoms with E-state index >= 15 is 0 Å². The van der Waals surface area contributed by atoms with E-state index in [2.05, 4.69) is 15.0 Å². The van der Waals surface area contributed by atoms with Gasteiger partial charge in [0.05, 0.1) is 24.6 Å². The minimum atomic E-state index is -0.349. The average molecular weight is 289 g/mol. The molecule has 1 amide bonds. The molecule has 1 aromatic carbocycles. The largest absolute Gasteiger partial charge is 0.469 e. The van der Waals surface area contributed by atoms with Crippen LogP contribution >= 0.6 is 0 Å². The first-order valence-corrected chi connectivity index (χ1v) is 6.73. The minimum absolute atomic E-state index is 0.146. The monoisotopic (exact) mass is 289 g/mol. The Morgan fingerprint density at radius 2 is 2.14 bits per heavy atom. The molecule has 0 bridgehead atoms. The molecular formula is C15H19N3O3. The van der Waals surface area contributed by atoms with E-state index in [1.165, 1.54) is 7.11 Å². The van der Waals surface area contributed by atoms with Crippen LogP contribution in [-0.2, 0) is 16.6 Å². The van der Waals surface area contributed by atoms with Gasteiger partial charge in [0.1, 0.15) is 5.82 Å². The third-order valence-corrected chi connectivity index (χ3v) is 3.44. The van der Waals surface area contributed by atoms with Crippen LogP contribution in [0.1, 0.15) is 29.5 Å². The summed E-state index contributed by atoms with van der Waals surface area (Å²) >= 11 is 0. The highest BCUT2D eigenvalue weighted by atomic mass is 16.5. The van der Waals surface area contributed by atoms with Crippen molar-refractivity contribution in [3.05, 3.63) is 29.6 Å². The second kappa shape index (κ2) is 5.95. The number of fused-ring (bicyclic) bond motifs is 1. The summed E-state index contributed by atoms with van der Waals surface area (Å²) < 4.78 is 6.55. The first-order valence-electron chi connectivity index (χ1n) is 6.73. The molecule has 2 rings (SSSR count). The molecule has 21 heavy (non-hydrogen) atoms. The normalized spacial score (nSPS) is 12.2. The Labute approximate surface area is 123 Å². The van der Waals surface area contributed by atoms with Crippen molar-refractivity contribution in [1.29, 1.82) is 0 Å². The van der Waals surface area contributed by atoms with Crippen molar-refractivity contribution < 1.29 is 14.3 Å². The van der Waals surface area contributed by atoms with Gasteiger partial charge >= 0.3 is 5.97 Å². The lowest BCUT2D eigenvalue weighted by molar-refractivity contribution is -0.141. The van der Waals surface area contributed by atoms with Crippen LogP contribution in [0.15, 0.2) is 18.2 Å². The molecule has 0 saturated heterocycles. The molecule has 6 heteroatoms. The second-order valence-electron chi connectivity index (χ2n) is 5.08. The maximum absolute atomic E-state index is 12.2. The van der Waals surface area contributed by atoms with Gasteiger partial charge in [-0.15, -0.1) is 0 Å². The van der Waals surface area contributed by atoms with Crippen LogP contribution in [0.5, 0.6) is 0 Å². The van der Waals surface area contributed by atoms with Crippen molar-refractivity contribution in [2.45, 2.75) is 26.3 Å². The number of aryl methyl sites for hydroxylation is 2. The van der Waals surface area contributed by atoms with Gasteiger partial charge in [0, 0.05) is 18.7 Å². The number of rotatable bonds is 4. The number of aromatic nitrogens is 2. The molecule has 1 atom stereocenters. The Hall–Kier alpha value is -2.37. The zero-order valence-electron chi connectivity index (χ0n) is 12.6. The third-order valence-electron chi connectivity index (χ3n) is 3.44. The van der Waals surface area contributed by atoms with E-state index in [1.54, 1.807) is 19.1 Å². The number of hydrogen-bond acceptors (Lipinski definition) is 4. The number of benzene rings is 1. The Morgan fingerprint density at radius 1 is 1.43 bits per heavy atom. The first kappa shape index (κ1) is 15.0. The summed E-state index contributed by atoms with van der Waals surface area (Å²) in [6.07, 6.45) is 0.146. The Morgan fingerprint density at radius 3 is 2.81 bits per heavy atom. The third kappa shape index (κ3) is 3.21. The van der Waals surface area contributed by atoms with Crippen molar-refractivity contribution in [1.82, 2.24) is 14.9 Å². The summed E-state index contributed by atoms with van der Waals surface area (Å²) in [5, 5.41) is 2.77. The van der Waals surface area contributed by atoms with E-state index in [-0.39, 0.29) is 24.3 Å². The SMILES string of the molecule is COC(=O)C[C@@H](C)NC(=O)c1ccc2c(c1)nc(C)n2C. The standard InChI is InChI=1S/C15H19N3O3/c1-9(7-14(19)21-4)16-15(20)11-5-6-13-12(8-11)17-10(2)18(13)3/h5-6,8-9H,7H2,1-4H3,(H,16,20)/t9-/m1/s1. The van der Waals surface area contributed by atoms with Crippen molar-refractivity contribution in [2.75, 3.05) is 7.11 Å². The van der Waals surface area contributed by atoms with Crippen LogP contribution in [-0.4, -0.2) is 34.6 Å². The van der Waals surface area contributed by atoms with Crippen LogP contribution in [0, 0.1) is 6.92 Å². The van der Waals surface area contributed by atoms with E-state index in [9.17, 15) is 9.59 Å². The molecule has 0 unspecified atom stereocenters. The zero-order valence-corrected chi connectivity index (χ0v) is 12.6. The van der Waals surface area contributed by atoms with Gasteiger partial charge in [-0.1, -0.05) is 0 Å². The van der Waals surface area contributed by atoms with Crippen LogP contribution in [0.2, 0.25) is 0 Å². The molecule has 0 aliphatic carbocycles. The lowest BCUT2D eigenvalue weighted by Crippen LogP contribution is -2.34. The molecule has 0 aliphatic heterocycles. The number of nitrogens with zero attached hydrogens (tertiary/aromatic N) is 2. The molecule has 0 spiro atoms. The fourth-order valence-electron chi connectivity index (χ4n) is 2.15. The van der Waals surface area contributed by atoms with Crippen molar-refractivity contribution in [3.63, 3.8) is 0 Å². The van der Waals surface area contributed by atoms with Gasteiger partial charge in [0.2, 0.25) is 0 Å². The van der Waals surface area contributed by atoms with E-state index in [1.807, 2.05) is 24.6 Å². The number of amides is 1. The van der Waals surface area contributed by atoms with Crippen LogP contribution in [0.4, 0.5) is 0 Å². The van der Waals surface area contributed by atoms with E-state index in [0.29, 0.717) is 5.56 Å². The molecule has 6 nitrogen and oxygen atoms in total. The summed E-state index contributed by atoms with van der Waals surface area (Å²) in [4.78, 5) is 27.7. The second-order valence-corrected chi connectivity index (χ2v) is 5.08. The Balaban J connectivity index is 2.14. The topological polar surface area (TPSA) is 73.2 Å². The van der Waals surface area contributed by atoms with E-state index in [0.717, 1.165) is 16.9 Å². The molecule has 0 radical (unpaired) electrons.